The quantitative estimate of drug-likeness (QED) is 0.867. The summed E-state index contributed by atoms with van der Waals surface area (Å²) >= 11 is 1.47. The van der Waals surface area contributed by atoms with Crippen LogP contribution < -0.4 is 11.1 Å². The molecule has 2 fully saturated rings. The molecule has 1 aromatic rings. The second-order valence-corrected chi connectivity index (χ2v) is 7.89. The van der Waals surface area contributed by atoms with Gasteiger partial charge in [0.1, 0.15) is 10.7 Å². The molecule has 128 valence electrons. The van der Waals surface area contributed by atoms with E-state index in [0.29, 0.717) is 17.7 Å². The van der Waals surface area contributed by atoms with Crippen molar-refractivity contribution in [3.63, 3.8) is 0 Å². The monoisotopic (exact) mass is 338 g/mol. The highest BCUT2D eigenvalue weighted by molar-refractivity contribution is 7.09. The van der Waals surface area contributed by atoms with E-state index in [-0.39, 0.29) is 24.1 Å². The Bertz CT molecular complexity index is 562. The maximum Gasteiger partial charge on any atom is 0.271 e. The number of rotatable bonds is 4. The molecule has 3 heterocycles. The molecule has 0 aliphatic carbocycles. The van der Waals surface area contributed by atoms with E-state index < -0.39 is 0 Å². The predicted octanol–water partition coefficient (Wildman–Crippen LogP) is 1.39. The smallest absolute Gasteiger partial charge is 0.271 e. The highest BCUT2D eigenvalue weighted by Gasteiger charge is 2.37. The van der Waals surface area contributed by atoms with Gasteiger partial charge in [0.15, 0.2) is 0 Å². The van der Waals surface area contributed by atoms with Crippen molar-refractivity contribution < 1.29 is 9.53 Å². The van der Waals surface area contributed by atoms with E-state index in [1.165, 1.54) is 11.3 Å². The topological polar surface area (TPSA) is 80.5 Å². The summed E-state index contributed by atoms with van der Waals surface area (Å²) in [5.74, 6) is 0.215. The Morgan fingerprint density at radius 2 is 2.30 bits per heavy atom. The van der Waals surface area contributed by atoms with E-state index in [0.717, 1.165) is 31.1 Å². The molecule has 2 aliphatic heterocycles. The number of hydrogen-bond donors (Lipinski definition) is 2. The van der Waals surface area contributed by atoms with Gasteiger partial charge in [-0.1, -0.05) is 13.8 Å². The lowest BCUT2D eigenvalue weighted by Crippen LogP contribution is -2.45. The number of nitrogens with one attached hydrogen (secondary N) is 1. The normalized spacial score (nSPS) is 29.5. The standard InChI is InChI=1S/C16H26N4O2S/c1-9(2)14(17)16-19-13(8-23-16)15(21)18-11-4-12-7-22-10(3)5-20(12)6-11/h8-12,14H,4-7,17H2,1-3H3,(H,18,21)/t10-,11+,12-,14-/m0/s1. The number of fused-ring (bicyclic) bond motifs is 1. The molecule has 0 bridgehead atoms. The van der Waals surface area contributed by atoms with Crippen molar-refractivity contribution in [2.24, 2.45) is 11.7 Å². The van der Waals surface area contributed by atoms with Gasteiger partial charge in [0.2, 0.25) is 0 Å². The minimum absolute atomic E-state index is 0.0951. The van der Waals surface area contributed by atoms with Crippen molar-refractivity contribution in [3.8, 4) is 0 Å². The molecule has 0 aromatic carbocycles. The van der Waals surface area contributed by atoms with E-state index in [2.05, 4.69) is 36.0 Å². The fraction of sp³-hybridized carbons (Fsp3) is 0.750. The van der Waals surface area contributed by atoms with Crippen LogP contribution in [0, 0.1) is 5.92 Å². The van der Waals surface area contributed by atoms with Crippen LogP contribution in [0.4, 0.5) is 0 Å². The summed E-state index contributed by atoms with van der Waals surface area (Å²) < 4.78 is 5.70. The molecule has 1 aromatic heterocycles. The summed E-state index contributed by atoms with van der Waals surface area (Å²) in [6, 6.07) is 0.489. The van der Waals surface area contributed by atoms with E-state index in [1.807, 2.05) is 0 Å². The van der Waals surface area contributed by atoms with E-state index in [4.69, 9.17) is 10.5 Å². The van der Waals surface area contributed by atoms with Crippen molar-refractivity contribution in [1.82, 2.24) is 15.2 Å². The Morgan fingerprint density at radius 3 is 3.04 bits per heavy atom. The molecule has 0 saturated carbocycles. The lowest BCUT2D eigenvalue weighted by atomic mass is 10.1. The van der Waals surface area contributed by atoms with Gasteiger partial charge in [-0.15, -0.1) is 11.3 Å². The first-order valence-corrected chi connectivity index (χ1v) is 9.19. The molecule has 3 N–H and O–H groups in total. The molecular weight excluding hydrogens is 312 g/mol. The SMILES string of the molecule is CC(C)[C@H](N)c1nc(C(=O)N[C@@H]2C[C@H]3CO[C@@H](C)CN3C2)cs1. The van der Waals surface area contributed by atoms with Gasteiger partial charge in [-0.25, -0.2) is 4.98 Å². The van der Waals surface area contributed by atoms with Gasteiger partial charge < -0.3 is 15.8 Å². The fourth-order valence-corrected chi connectivity index (χ4v) is 4.21. The summed E-state index contributed by atoms with van der Waals surface area (Å²) in [7, 11) is 0. The van der Waals surface area contributed by atoms with E-state index >= 15 is 0 Å². The molecule has 7 heteroatoms. The number of carbonyl (C=O) groups excluding carboxylic acids is 1. The third-order valence-electron chi connectivity index (χ3n) is 4.69. The zero-order valence-electron chi connectivity index (χ0n) is 14.0. The second kappa shape index (κ2) is 6.84. The highest BCUT2D eigenvalue weighted by Crippen LogP contribution is 2.25. The van der Waals surface area contributed by atoms with Gasteiger partial charge >= 0.3 is 0 Å². The Morgan fingerprint density at radius 1 is 1.52 bits per heavy atom. The van der Waals surface area contributed by atoms with E-state index in [1.54, 1.807) is 5.38 Å². The van der Waals surface area contributed by atoms with Gasteiger partial charge in [0.05, 0.1) is 18.8 Å². The molecule has 6 nitrogen and oxygen atoms in total. The maximum absolute atomic E-state index is 12.4. The number of nitrogens with zero attached hydrogens (tertiary/aromatic N) is 2. The fourth-order valence-electron chi connectivity index (χ4n) is 3.23. The Balaban J connectivity index is 1.58. The van der Waals surface area contributed by atoms with Crippen LogP contribution in [-0.2, 0) is 4.74 Å². The largest absolute Gasteiger partial charge is 0.376 e. The van der Waals surface area contributed by atoms with Crippen LogP contribution in [0.15, 0.2) is 5.38 Å². The van der Waals surface area contributed by atoms with Crippen molar-refractivity contribution in [2.45, 2.75) is 51.4 Å². The number of carbonyl (C=O) groups is 1. The number of morpholine rings is 1. The first kappa shape index (κ1) is 16.8. The average molecular weight is 338 g/mol. The Kier molecular flexibility index (Phi) is 5.01. The third-order valence-corrected chi connectivity index (χ3v) is 5.63. The van der Waals surface area contributed by atoms with Crippen molar-refractivity contribution >= 4 is 17.2 Å². The summed E-state index contributed by atoms with van der Waals surface area (Å²) in [4.78, 5) is 19.3. The molecule has 1 amide bonds. The Labute approximate surface area is 141 Å². The third kappa shape index (κ3) is 3.74. The van der Waals surface area contributed by atoms with Crippen LogP contribution in [0.2, 0.25) is 0 Å². The number of aromatic nitrogens is 1. The zero-order valence-corrected chi connectivity index (χ0v) is 14.8. The first-order valence-electron chi connectivity index (χ1n) is 8.31. The van der Waals surface area contributed by atoms with Crippen molar-refractivity contribution in [1.29, 1.82) is 0 Å². The molecule has 2 aliphatic rings. The summed E-state index contributed by atoms with van der Waals surface area (Å²) in [6.45, 7) is 8.81. The van der Waals surface area contributed by atoms with Crippen molar-refractivity contribution in [2.75, 3.05) is 19.7 Å². The lowest BCUT2D eigenvalue weighted by molar-refractivity contribution is -0.0390. The van der Waals surface area contributed by atoms with Crippen LogP contribution in [0.25, 0.3) is 0 Å². The van der Waals surface area contributed by atoms with Crippen molar-refractivity contribution in [3.05, 3.63) is 16.1 Å². The second-order valence-electron chi connectivity index (χ2n) is 7.00. The van der Waals surface area contributed by atoms with Crippen LogP contribution in [-0.4, -0.2) is 53.7 Å². The summed E-state index contributed by atoms with van der Waals surface area (Å²) in [5.41, 5.74) is 6.58. The van der Waals surface area contributed by atoms with Gasteiger partial charge in [0.25, 0.3) is 5.91 Å². The average Bonchev–Trinajstić information content (AvgIpc) is 3.12. The molecular formula is C16H26N4O2S. The van der Waals surface area contributed by atoms with Gasteiger partial charge in [-0.2, -0.15) is 0 Å². The Hall–Kier alpha value is -1.02. The van der Waals surface area contributed by atoms with Crippen LogP contribution in [0.3, 0.4) is 0 Å². The number of hydrogen-bond acceptors (Lipinski definition) is 6. The molecule has 23 heavy (non-hydrogen) atoms. The number of thiazole rings is 1. The minimum Gasteiger partial charge on any atom is -0.376 e. The van der Waals surface area contributed by atoms with Crippen LogP contribution in [0.1, 0.15) is 48.7 Å². The summed E-state index contributed by atoms with van der Waals surface area (Å²) in [6.07, 6.45) is 1.22. The predicted molar refractivity (Wildman–Crippen MR) is 90.5 cm³/mol. The highest BCUT2D eigenvalue weighted by atomic mass is 32.1. The van der Waals surface area contributed by atoms with Gasteiger partial charge in [-0.3, -0.25) is 9.69 Å². The number of amides is 1. The molecule has 2 saturated heterocycles. The van der Waals surface area contributed by atoms with Crippen LogP contribution in [0.5, 0.6) is 0 Å². The van der Waals surface area contributed by atoms with Gasteiger partial charge in [0, 0.05) is 30.6 Å². The zero-order chi connectivity index (χ0) is 16.6. The van der Waals surface area contributed by atoms with E-state index in [9.17, 15) is 4.79 Å². The molecule has 4 atom stereocenters. The number of nitrogens with two attached hydrogens (primary N) is 1. The van der Waals surface area contributed by atoms with Crippen LogP contribution >= 0.6 is 11.3 Å². The molecule has 0 radical (unpaired) electrons. The minimum atomic E-state index is -0.111. The maximum atomic E-state index is 12.4. The van der Waals surface area contributed by atoms with Gasteiger partial charge in [-0.05, 0) is 19.3 Å². The first-order chi connectivity index (χ1) is 10.9. The summed E-state index contributed by atoms with van der Waals surface area (Å²) in [5, 5.41) is 5.75. The molecule has 0 spiro atoms. The lowest BCUT2D eigenvalue weighted by Gasteiger charge is -2.33. The molecule has 3 rings (SSSR count). The number of ether oxygens (including phenoxy) is 1. The molecule has 0 unspecified atom stereocenters.